The molecule has 0 heterocycles. The molecule has 0 atom stereocenters. The normalized spacial score (nSPS) is 11.2. The molecule has 0 radical (unpaired) electrons. The number of hydrogen-bond donors (Lipinski definition) is 2. The Balaban J connectivity index is 2.15. The van der Waals surface area contributed by atoms with Crippen LogP contribution in [0.3, 0.4) is 0 Å². The predicted octanol–water partition coefficient (Wildman–Crippen LogP) is 3.94. The highest BCUT2D eigenvalue weighted by Gasteiger charge is 2.24. The van der Waals surface area contributed by atoms with Gasteiger partial charge in [-0.05, 0) is 49.7 Å². The number of hydrogen-bond acceptors (Lipinski definition) is 5. The van der Waals surface area contributed by atoms with Gasteiger partial charge in [-0.2, -0.15) is 0 Å². The van der Waals surface area contributed by atoms with Crippen molar-refractivity contribution in [1.82, 2.24) is 0 Å². The van der Waals surface area contributed by atoms with Crippen molar-refractivity contribution in [2.45, 2.75) is 20.0 Å². The van der Waals surface area contributed by atoms with Gasteiger partial charge in [-0.25, -0.2) is 4.39 Å². The molecular formula is C19H22FN2O5P. The minimum absolute atomic E-state index is 0.000683. The van der Waals surface area contributed by atoms with E-state index in [-0.39, 0.29) is 36.2 Å². The van der Waals surface area contributed by atoms with Gasteiger partial charge in [0.1, 0.15) is 5.82 Å². The van der Waals surface area contributed by atoms with Gasteiger partial charge in [-0.1, -0.05) is 12.1 Å². The number of nitrogens with two attached hydrogens (primary N) is 1. The van der Waals surface area contributed by atoms with Crippen molar-refractivity contribution in [2.75, 3.05) is 18.5 Å². The zero-order chi connectivity index (χ0) is 20.7. The topological polar surface area (TPSA) is 108 Å². The molecule has 0 aliphatic rings. The zero-order valence-electron chi connectivity index (χ0n) is 15.6. The summed E-state index contributed by atoms with van der Waals surface area (Å²) >= 11 is 0. The predicted molar refractivity (Wildman–Crippen MR) is 104 cm³/mol. The maximum absolute atomic E-state index is 13.4. The third-order valence-corrected chi connectivity index (χ3v) is 5.79. The van der Waals surface area contributed by atoms with Crippen LogP contribution in [0.1, 0.15) is 40.1 Å². The molecule has 0 aliphatic carbocycles. The van der Waals surface area contributed by atoms with E-state index in [4.69, 9.17) is 14.8 Å². The van der Waals surface area contributed by atoms with Crippen LogP contribution in [0, 0.1) is 5.82 Å². The number of rotatable bonds is 9. The number of carbonyl (C=O) groups is 2. The first-order valence-corrected chi connectivity index (χ1v) is 10.4. The first kappa shape index (κ1) is 21.8. The Morgan fingerprint density at radius 2 is 1.68 bits per heavy atom. The Hall–Kier alpha value is -2.54. The van der Waals surface area contributed by atoms with Crippen LogP contribution >= 0.6 is 7.60 Å². The largest absolute Gasteiger partial charge is 0.366 e. The highest BCUT2D eigenvalue weighted by atomic mass is 31.2. The van der Waals surface area contributed by atoms with Crippen molar-refractivity contribution < 1.29 is 27.6 Å². The van der Waals surface area contributed by atoms with Gasteiger partial charge >= 0.3 is 7.60 Å². The molecule has 0 saturated heterocycles. The summed E-state index contributed by atoms with van der Waals surface area (Å²) in [7, 11) is -3.25. The number of anilines is 1. The SMILES string of the molecule is CCOP(=O)(Cc1ccc(C(=O)Nc2cc(F)ccc2C(N)=O)cc1)OCC. The molecule has 150 valence electrons. The van der Waals surface area contributed by atoms with Gasteiger partial charge in [0.05, 0.1) is 30.6 Å². The van der Waals surface area contributed by atoms with E-state index < -0.39 is 25.2 Å². The molecule has 9 heteroatoms. The molecule has 0 aromatic heterocycles. The van der Waals surface area contributed by atoms with Crippen molar-refractivity contribution in [2.24, 2.45) is 5.73 Å². The minimum Gasteiger partial charge on any atom is -0.366 e. The quantitative estimate of drug-likeness (QED) is 0.611. The molecule has 28 heavy (non-hydrogen) atoms. The lowest BCUT2D eigenvalue weighted by atomic mass is 10.1. The Morgan fingerprint density at radius 1 is 1.07 bits per heavy atom. The van der Waals surface area contributed by atoms with E-state index in [2.05, 4.69) is 5.32 Å². The Labute approximate surface area is 162 Å². The fourth-order valence-electron chi connectivity index (χ4n) is 2.54. The van der Waals surface area contributed by atoms with Crippen molar-refractivity contribution >= 4 is 25.1 Å². The second-order valence-corrected chi connectivity index (χ2v) is 7.86. The molecule has 3 N–H and O–H groups in total. The number of primary amides is 1. The van der Waals surface area contributed by atoms with Crippen LogP contribution in [0.15, 0.2) is 42.5 Å². The highest BCUT2D eigenvalue weighted by Crippen LogP contribution is 2.51. The van der Waals surface area contributed by atoms with Gasteiger partial charge in [0.25, 0.3) is 11.8 Å². The van der Waals surface area contributed by atoms with Gasteiger partial charge in [0, 0.05) is 5.56 Å². The first-order valence-electron chi connectivity index (χ1n) is 8.65. The lowest BCUT2D eigenvalue weighted by Gasteiger charge is -2.17. The minimum atomic E-state index is -3.25. The number of halogens is 1. The van der Waals surface area contributed by atoms with Crippen molar-refractivity contribution in [3.8, 4) is 0 Å². The molecule has 0 unspecified atom stereocenters. The molecular weight excluding hydrogens is 386 g/mol. The van der Waals surface area contributed by atoms with Crippen LogP contribution in [0.4, 0.5) is 10.1 Å². The van der Waals surface area contributed by atoms with Gasteiger partial charge in [-0.15, -0.1) is 0 Å². The van der Waals surface area contributed by atoms with Crippen molar-refractivity contribution in [3.05, 3.63) is 65.0 Å². The lowest BCUT2D eigenvalue weighted by molar-refractivity contribution is 0.100. The summed E-state index contributed by atoms with van der Waals surface area (Å²) in [6, 6.07) is 9.61. The first-order chi connectivity index (χ1) is 13.3. The van der Waals surface area contributed by atoms with Crippen LogP contribution in [-0.2, 0) is 19.8 Å². The second kappa shape index (κ2) is 9.59. The summed E-state index contributed by atoms with van der Waals surface area (Å²) in [4.78, 5) is 23.8. The molecule has 0 spiro atoms. The smallest absolute Gasteiger partial charge is 0.335 e. The zero-order valence-corrected chi connectivity index (χ0v) is 16.5. The number of nitrogens with one attached hydrogen (secondary N) is 1. The van der Waals surface area contributed by atoms with E-state index in [1.54, 1.807) is 26.0 Å². The molecule has 0 fully saturated rings. The molecule has 2 rings (SSSR count). The lowest BCUT2D eigenvalue weighted by Crippen LogP contribution is -2.18. The van der Waals surface area contributed by atoms with Crippen molar-refractivity contribution in [3.63, 3.8) is 0 Å². The third kappa shape index (κ3) is 5.73. The van der Waals surface area contributed by atoms with E-state index in [1.807, 2.05) is 0 Å². The number of amides is 2. The van der Waals surface area contributed by atoms with Crippen LogP contribution in [0.25, 0.3) is 0 Å². The maximum atomic E-state index is 13.4. The van der Waals surface area contributed by atoms with Crippen LogP contribution in [0.2, 0.25) is 0 Å². The second-order valence-electron chi connectivity index (χ2n) is 5.81. The van der Waals surface area contributed by atoms with E-state index in [9.17, 15) is 18.5 Å². The van der Waals surface area contributed by atoms with Gasteiger partial charge < -0.3 is 20.1 Å². The summed E-state index contributed by atoms with van der Waals surface area (Å²) in [5.41, 5.74) is 6.17. The van der Waals surface area contributed by atoms with Crippen LogP contribution < -0.4 is 11.1 Å². The molecule has 2 aromatic rings. The fourth-order valence-corrected chi connectivity index (χ4v) is 4.24. The Kier molecular flexibility index (Phi) is 7.45. The van der Waals surface area contributed by atoms with E-state index in [1.165, 1.54) is 18.2 Å². The van der Waals surface area contributed by atoms with Gasteiger partial charge in [0.15, 0.2) is 0 Å². The molecule has 0 saturated carbocycles. The van der Waals surface area contributed by atoms with E-state index in [0.717, 1.165) is 12.1 Å². The van der Waals surface area contributed by atoms with Gasteiger partial charge in [-0.3, -0.25) is 14.2 Å². The monoisotopic (exact) mass is 408 g/mol. The molecule has 2 aromatic carbocycles. The average molecular weight is 408 g/mol. The fraction of sp³-hybridized carbons (Fsp3) is 0.263. The maximum Gasteiger partial charge on any atom is 0.335 e. The standard InChI is InChI=1S/C19H22FN2O5P/c1-3-26-28(25,27-4-2)12-13-5-7-14(8-6-13)19(24)22-17-11-15(20)9-10-16(17)18(21)23/h5-11H,3-4,12H2,1-2H3,(H2,21,23)(H,22,24). The highest BCUT2D eigenvalue weighted by molar-refractivity contribution is 7.53. The molecule has 0 bridgehead atoms. The summed E-state index contributed by atoms with van der Waals surface area (Å²) in [6.07, 6.45) is 0.0757. The summed E-state index contributed by atoms with van der Waals surface area (Å²) in [5, 5.41) is 2.47. The Morgan fingerprint density at radius 3 is 2.21 bits per heavy atom. The Bertz CT molecular complexity index is 892. The summed E-state index contributed by atoms with van der Waals surface area (Å²) < 4.78 is 36.5. The molecule has 7 nitrogen and oxygen atoms in total. The molecule has 0 aliphatic heterocycles. The summed E-state index contributed by atoms with van der Waals surface area (Å²) in [5.74, 6) is -1.94. The number of benzene rings is 2. The molecule has 2 amide bonds. The van der Waals surface area contributed by atoms with E-state index >= 15 is 0 Å². The number of carbonyl (C=O) groups excluding carboxylic acids is 2. The average Bonchev–Trinajstić information content (AvgIpc) is 2.62. The van der Waals surface area contributed by atoms with Gasteiger partial charge in [0.2, 0.25) is 0 Å². The van der Waals surface area contributed by atoms with Crippen LogP contribution in [0.5, 0.6) is 0 Å². The summed E-state index contributed by atoms with van der Waals surface area (Å²) in [6.45, 7) is 3.97. The van der Waals surface area contributed by atoms with Crippen molar-refractivity contribution in [1.29, 1.82) is 0 Å². The van der Waals surface area contributed by atoms with Crippen LogP contribution in [-0.4, -0.2) is 25.0 Å². The van der Waals surface area contributed by atoms with E-state index in [0.29, 0.717) is 5.56 Å². The third-order valence-electron chi connectivity index (χ3n) is 3.74.